The van der Waals surface area contributed by atoms with Gasteiger partial charge < -0.3 is 10.1 Å². The fraction of sp³-hybridized carbons (Fsp3) is 0.235. The minimum atomic E-state index is -4.33. The highest BCUT2D eigenvalue weighted by Gasteiger charge is 2.27. The number of benzene rings is 2. The average molecular weight is 397 g/mol. The molecule has 10 heteroatoms. The molecule has 0 amide bonds. The van der Waals surface area contributed by atoms with Crippen LogP contribution in [0.3, 0.4) is 0 Å². The molecule has 0 fully saturated rings. The maximum Gasteiger partial charge on any atom is 0.411 e. The van der Waals surface area contributed by atoms with Gasteiger partial charge in [-0.15, -0.1) is 0 Å². The predicted octanol–water partition coefficient (Wildman–Crippen LogP) is 4.90. The number of nitro groups is 1. The summed E-state index contributed by atoms with van der Waals surface area (Å²) in [5, 5.41) is 14.6. The van der Waals surface area contributed by atoms with Crippen molar-refractivity contribution in [2.75, 3.05) is 11.9 Å². The molecule has 0 saturated carbocycles. The van der Waals surface area contributed by atoms with E-state index in [1.807, 2.05) is 0 Å². The summed E-state index contributed by atoms with van der Waals surface area (Å²) in [6.07, 6.45) is -4.33. The summed E-state index contributed by atoms with van der Waals surface area (Å²) in [7, 11) is 0. The number of aromatic nitrogens is 1. The molecule has 0 saturated heterocycles. The lowest BCUT2D eigenvalue weighted by molar-refractivity contribution is -0.384. The Kier molecular flexibility index (Phi) is 5.57. The van der Waals surface area contributed by atoms with Crippen LogP contribution in [0.1, 0.15) is 11.1 Å². The Labute approximate surface area is 155 Å². The van der Waals surface area contributed by atoms with Crippen LogP contribution in [0, 0.1) is 10.1 Å². The summed E-state index contributed by atoms with van der Waals surface area (Å²) in [6, 6.07) is 11.5. The Bertz CT molecular complexity index is 942. The Balaban J connectivity index is 1.56. The van der Waals surface area contributed by atoms with E-state index < -0.39 is 17.7 Å². The van der Waals surface area contributed by atoms with Gasteiger partial charge in [-0.05, 0) is 17.2 Å². The standard InChI is InChI=1S/C17H14F3N3O3S/c18-17(19,20)10-26-9-12-3-1-11(2-4-12)8-21-16-22-14-6-5-13(23(24)25)7-15(14)27-16/h1-7H,8-10H2,(H,21,22). The summed E-state index contributed by atoms with van der Waals surface area (Å²) < 4.78 is 41.5. The molecule has 2 aromatic carbocycles. The Hall–Kier alpha value is -2.72. The van der Waals surface area contributed by atoms with Crippen LogP contribution >= 0.6 is 11.3 Å². The lowest BCUT2D eigenvalue weighted by Crippen LogP contribution is -2.16. The second-order valence-corrected chi connectivity index (χ2v) is 6.74. The van der Waals surface area contributed by atoms with E-state index in [-0.39, 0.29) is 12.3 Å². The van der Waals surface area contributed by atoms with E-state index in [4.69, 9.17) is 0 Å². The normalized spacial score (nSPS) is 11.7. The molecule has 0 atom stereocenters. The van der Waals surface area contributed by atoms with Crippen molar-refractivity contribution in [3.05, 3.63) is 63.7 Å². The molecule has 0 radical (unpaired) electrons. The molecule has 1 heterocycles. The van der Waals surface area contributed by atoms with Crippen LogP contribution in [0.5, 0.6) is 0 Å². The molecule has 27 heavy (non-hydrogen) atoms. The van der Waals surface area contributed by atoms with Gasteiger partial charge in [0.2, 0.25) is 0 Å². The van der Waals surface area contributed by atoms with Crippen molar-refractivity contribution in [3.63, 3.8) is 0 Å². The number of thiazole rings is 1. The number of fused-ring (bicyclic) bond motifs is 1. The highest BCUT2D eigenvalue weighted by molar-refractivity contribution is 7.22. The van der Waals surface area contributed by atoms with Gasteiger partial charge in [-0.1, -0.05) is 35.6 Å². The molecule has 1 aromatic heterocycles. The van der Waals surface area contributed by atoms with Crippen molar-refractivity contribution in [1.29, 1.82) is 0 Å². The maximum atomic E-state index is 12.1. The lowest BCUT2D eigenvalue weighted by atomic mass is 10.1. The number of anilines is 1. The average Bonchev–Trinajstić information content (AvgIpc) is 3.02. The van der Waals surface area contributed by atoms with Crippen LogP contribution in [0.15, 0.2) is 42.5 Å². The number of nitro benzene ring substituents is 1. The number of hydrogen-bond donors (Lipinski definition) is 1. The fourth-order valence-electron chi connectivity index (χ4n) is 2.32. The molecule has 0 aliphatic carbocycles. The van der Waals surface area contributed by atoms with Crippen LogP contribution in [-0.4, -0.2) is 22.7 Å². The molecule has 0 bridgehead atoms. The van der Waals surface area contributed by atoms with E-state index >= 15 is 0 Å². The van der Waals surface area contributed by atoms with Gasteiger partial charge in [-0.25, -0.2) is 4.98 Å². The molecule has 3 aromatic rings. The van der Waals surface area contributed by atoms with E-state index in [1.165, 1.54) is 23.5 Å². The van der Waals surface area contributed by atoms with Gasteiger partial charge in [0.25, 0.3) is 5.69 Å². The summed E-state index contributed by atoms with van der Waals surface area (Å²) in [5.41, 5.74) is 2.25. The zero-order valence-electron chi connectivity index (χ0n) is 13.8. The molecular weight excluding hydrogens is 383 g/mol. The van der Waals surface area contributed by atoms with Gasteiger partial charge in [0.05, 0.1) is 21.7 Å². The second kappa shape index (κ2) is 7.89. The minimum absolute atomic E-state index is 0.0148. The maximum absolute atomic E-state index is 12.1. The number of non-ortho nitro benzene ring substituents is 1. The Morgan fingerprint density at radius 2 is 1.85 bits per heavy atom. The lowest BCUT2D eigenvalue weighted by Gasteiger charge is -2.08. The van der Waals surface area contributed by atoms with Crippen LogP contribution in [0.25, 0.3) is 10.2 Å². The number of rotatable bonds is 7. The number of nitrogens with one attached hydrogen (secondary N) is 1. The number of hydrogen-bond acceptors (Lipinski definition) is 6. The SMILES string of the molecule is O=[N+]([O-])c1ccc2nc(NCc3ccc(COCC(F)(F)F)cc3)sc2c1. The van der Waals surface area contributed by atoms with E-state index in [2.05, 4.69) is 15.0 Å². The van der Waals surface area contributed by atoms with Gasteiger partial charge >= 0.3 is 6.18 Å². The third-order valence-electron chi connectivity index (χ3n) is 3.58. The third kappa shape index (κ3) is 5.38. The molecule has 0 aliphatic heterocycles. The van der Waals surface area contributed by atoms with Crippen molar-refractivity contribution in [1.82, 2.24) is 4.98 Å². The van der Waals surface area contributed by atoms with E-state index in [1.54, 1.807) is 30.3 Å². The minimum Gasteiger partial charge on any atom is -0.367 e. The molecule has 1 N–H and O–H groups in total. The summed E-state index contributed by atoms with van der Waals surface area (Å²) in [5.74, 6) is 0. The Morgan fingerprint density at radius 3 is 2.52 bits per heavy atom. The van der Waals surface area contributed by atoms with Crippen molar-refractivity contribution in [3.8, 4) is 0 Å². The molecular formula is C17H14F3N3O3S. The molecule has 142 valence electrons. The molecule has 0 unspecified atom stereocenters. The number of halogens is 3. The summed E-state index contributed by atoms with van der Waals surface area (Å²) in [4.78, 5) is 14.7. The first kappa shape index (κ1) is 19.1. The van der Waals surface area contributed by atoms with E-state index in [0.29, 0.717) is 27.5 Å². The van der Waals surface area contributed by atoms with Crippen LogP contribution in [0.2, 0.25) is 0 Å². The topological polar surface area (TPSA) is 77.3 Å². The van der Waals surface area contributed by atoms with Crippen LogP contribution in [0.4, 0.5) is 24.0 Å². The smallest absolute Gasteiger partial charge is 0.367 e. The first-order chi connectivity index (χ1) is 12.8. The molecule has 0 aliphatic rings. The molecule has 6 nitrogen and oxygen atoms in total. The van der Waals surface area contributed by atoms with Gasteiger partial charge in [0, 0.05) is 18.7 Å². The van der Waals surface area contributed by atoms with Crippen molar-refractivity contribution in [2.45, 2.75) is 19.3 Å². The van der Waals surface area contributed by atoms with Crippen LogP contribution < -0.4 is 5.32 Å². The Morgan fingerprint density at radius 1 is 1.15 bits per heavy atom. The van der Waals surface area contributed by atoms with Gasteiger partial charge in [-0.3, -0.25) is 10.1 Å². The number of nitrogens with zero attached hydrogens (tertiary/aromatic N) is 2. The highest BCUT2D eigenvalue weighted by atomic mass is 32.1. The third-order valence-corrected chi connectivity index (χ3v) is 4.56. The summed E-state index contributed by atoms with van der Waals surface area (Å²) >= 11 is 1.31. The van der Waals surface area contributed by atoms with Crippen molar-refractivity contribution < 1.29 is 22.8 Å². The van der Waals surface area contributed by atoms with Crippen LogP contribution in [-0.2, 0) is 17.9 Å². The predicted molar refractivity (Wildman–Crippen MR) is 95.8 cm³/mol. The van der Waals surface area contributed by atoms with Gasteiger partial charge in [0.15, 0.2) is 5.13 Å². The highest BCUT2D eigenvalue weighted by Crippen LogP contribution is 2.29. The number of alkyl halides is 3. The first-order valence-electron chi connectivity index (χ1n) is 7.81. The van der Waals surface area contributed by atoms with Gasteiger partial charge in [-0.2, -0.15) is 13.2 Å². The second-order valence-electron chi connectivity index (χ2n) is 5.71. The fourth-order valence-corrected chi connectivity index (χ4v) is 3.21. The van der Waals surface area contributed by atoms with E-state index in [9.17, 15) is 23.3 Å². The van der Waals surface area contributed by atoms with Crippen molar-refractivity contribution in [2.24, 2.45) is 0 Å². The zero-order valence-corrected chi connectivity index (χ0v) is 14.6. The zero-order chi connectivity index (χ0) is 19.4. The van der Waals surface area contributed by atoms with E-state index in [0.717, 1.165) is 5.56 Å². The first-order valence-corrected chi connectivity index (χ1v) is 8.63. The molecule has 3 rings (SSSR count). The summed E-state index contributed by atoms with van der Waals surface area (Å²) in [6.45, 7) is -0.915. The van der Waals surface area contributed by atoms with Crippen molar-refractivity contribution >= 4 is 32.4 Å². The molecule has 0 spiro atoms. The number of ether oxygens (including phenoxy) is 1. The quantitative estimate of drug-likeness (QED) is 0.453. The van der Waals surface area contributed by atoms with Gasteiger partial charge in [0.1, 0.15) is 6.61 Å². The monoisotopic (exact) mass is 397 g/mol. The largest absolute Gasteiger partial charge is 0.411 e.